The molecular formula is C54H95NO7. The molecule has 0 aliphatic heterocycles. The molecule has 0 aromatic rings. The molecule has 0 spiro atoms. The molecule has 0 aromatic heterocycles. The van der Waals surface area contributed by atoms with Crippen LogP contribution in [0.2, 0.25) is 0 Å². The van der Waals surface area contributed by atoms with Crippen molar-refractivity contribution >= 4 is 17.9 Å². The molecule has 0 radical (unpaired) electrons. The van der Waals surface area contributed by atoms with Crippen LogP contribution in [0.25, 0.3) is 0 Å². The Morgan fingerprint density at radius 3 is 1.39 bits per heavy atom. The molecular weight excluding hydrogens is 775 g/mol. The Morgan fingerprint density at radius 1 is 0.500 bits per heavy atom. The molecule has 0 aromatic carbocycles. The highest BCUT2D eigenvalue weighted by atomic mass is 16.6. The van der Waals surface area contributed by atoms with Gasteiger partial charge in [0, 0.05) is 19.3 Å². The molecule has 0 aliphatic carbocycles. The van der Waals surface area contributed by atoms with E-state index in [0.717, 1.165) is 51.4 Å². The fourth-order valence-electron chi connectivity index (χ4n) is 7.24. The van der Waals surface area contributed by atoms with Crippen LogP contribution in [0.3, 0.4) is 0 Å². The van der Waals surface area contributed by atoms with Gasteiger partial charge in [-0.25, -0.2) is 0 Å². The van der Waals surface area contributed by atoms with Crippen LogP contribution in [0.1, 0.15) is 213 Å². The van der Waals surface area contributed by atoms with Gasteiger partial charge < -0.3 is 28.6 Å². The van der Waals surface area contributed by atoms with E-state index in [-0.39, 0.29) is 49.1 Å². The summed E-state index contributed by atoms with van der Waals surface area (Å²) in [6, 6.07) is -0.735. The largest absolute Gasteiger partial charge is 0.544 e. The van der Waals surface area contributed by atoms with Crippen molar-refractivity contribution in [1.29, 1.82) is 0 Å². The number of ether oxygens (including phenoxy) is 3. The van der Waals surface area contributed by atoms with Crippen molar-refractivity contribution in [1.82, 2.24) is 0 Å². The van der Waals surface area contributed by atoms with E-state index in [4.69, 9.17) is 14.2 Å². The van der Waals surface area contributed by atoms with E-state index < -0.39 is 18.1 Å². The number of allylic oxidation sites excluding steroid dienone is 10. The van der Waals surface area contributed by atoms with Gasteiger partial charge in [-0.2, -0.15) is 0 Å². The van der Waals surface area contributed by atoms with Gasteiger partial charge >= 0.3 is 11.9 Å². The second-order valence-corrected chi connectivity index (χ2v) is 18.0. The smallest absolute Gasteiger partial charge is 0.306 e. The van der Waals surface area contributed by atoms with Crippen LogP contribution in [0.15, 0.2) is 60.8 Å². The van der Waals surface area contributed by atoms with Crippen molar-refractivity contribution in [3.05, 3.63) is 60.8 Å². The number of quaternary nitrogens is 1. The predicted molar refractivity (Wildman–Crippen MR) is 259 cm³/mol. The highest BCUT2D eigenvalue weighted by Crippen LogP contribution is 2.15. The van der Waals surface area contributed by atoms with Crippen LogP contribution in [0, 0.1) is 0 Å². The zero-order valence-electron chi connectivity index (χ0n) is 40.8. The zero-order chi connectivity index (χ0) is 45.6. The molecule has 0 heterocycles. The van der Waals surface area contributed by atoms with Crippen LogP contribution in [0.4, 0.5) is 0 Å². The van der Waals surface area contributed by atoms with E-state index in [1.807, 2.05) is 0 Å². The van der Waals surface area contributed by atoms with Crippen molar-refractivity contribution in [3.63, 3.8) is 0 Å². The number of hydrogen-bond donors (Lipinski definition) is 0. The summed E-state index contributed by atoms with van der Waals surface area (Å²) in [6.45, 7) is 4.51. The van der Waals surface area contributed by atoms with E-state index in [2.05, 4.69) is 74.6 Å². The lowest BCUT2D eigenvalue weighted by atomic mass is 10.0. The summed E-state index contributed by atoms with van der Waals surface area (Å²) in [4.78, 5) is 37.0. The Hall–Kier alpha value is -2.97. The van der Waals surface area contributed by atoms with Crippen LogP contribution < -0.4 is 5.11 Å². The lowest BCUT2D eigenvalue weighted by molar-refractivity contribution is -0.889. The molecule has 62 heavy (non-hydrogen) atoms. The van der Waals surface area contributed by atoms with E-state index in [0.29, 0.717) is 12.8 Å². The minimum absolute atomic E-state index is 0.0244. The Balaban J connectivity index is 4.30. The number of rotatable bonds is 45. The first-order chi connectivity index (χ1) is 30.1. The Bertz CT molecular complexity index is 1200. The van der Waals surface area contributed by atoms with Gasteiger partial charge in [0.1, 0.15) is 12.6 Å². The van der Waals surface area contributed by atoms with Gasteiger partial charge in [0.2, 0.25) is 0 Å². The third kappa shape index (κ3) is 42.3. The third-order valence-electron chi connectivity index (χ3n) is 11.1. The molecule has 8 heteroatoms. The van der Waals surface area contributed by atoms with Gasteiger partial charge in [-0.3, -0.25) is 9.59 Å². The number of esters is 2. The first kappa shape index (κ1) is 59.0. The van der Waals surface area contributed by atoms with Gasteiger partial charge in [0.25, 0.3) is 0 Å². The minimum atomic E-state index is -1.13. The molecule has 0 N–H and O–H groups in total. The molecule has 0 amide bonds. The average molecular weight is 870 g/mol. The molecule has 0 aliphatic rings. The Labute approximate surface area is 381 Å². The maximum atomic E-state index is 12.8. The van der Waals surface area contributed by atoms with Crippen LogP contribution >= 0.6 is 0 Å². The molecule has 8 nitrogen and oxygen atoms in total. The molecule has 0 saturated heterocycles. The maximum absolute atomic E-state index is 12.8. The number of carboxylic acid groups (broad SMARTS) is 1. The van der Waals surface area contributed by atoms with Crippen molar-refractivity contribution in [2.45, 2.75) is 225 Å². The van der Waals surface area contributed by atoms with Gasteiger partial charge in [0.15, 0.2) is 6.10 Å². The summed E-state index contributed by atoms with van der Waals surface area (Å²) in [5.41, 5.74) is 0. The van der Waals surface area contributed by atoms with E-state index >= 15 is 0 Å². The molecule has 358 valence electrons. The molecule has 0 rings (SSSR count). The minimum Gasteiger partial charge on any atom is -0.544 e. The predicted octanol–water partition coefficient (Wildman–Crippen LogP) is 13.2. The fraction of sp³-hybridized carbons (Fsp3) is 0.759. The number of aliphatic carboxylic acids is 1. The zero-order valence-corrected chi connectivity index (χ0v) is 40.8. The second kappa shape index (κ2) is 44.6. The molecule has 2 atom stereocenters. The first-order valence-electron chi connectivity index (χ1n) is 25.3. The van der Waals surface area contributed by atoms with Crippen LogP contribution in [-0.4, -0.2) is 75.5 Å². The molecule has 0 fully saturated rings. The van der Waals surface area contributed by atoms with Crippen molar-refractivity contribution < 1.29 is 38.2 Å². The summed E-state index contributed by atoms with van der Waals surface area (Å²) in [5, 5.41) is 11.7. The Morgan fingerprint density at radius 2 is 0.919 bits per heavy atom. The number of unbranched alkanes of at least 4 members (excludes halogenated alkanes) is 21. The third-order valence-corrected chi connectivity index (χ3v) is 11.1. The summed E-state index contributed by atoms with van der Waals surface area (Å²) < 4.78 is 17.2. The van der Waals surface area contributed by atoms with Crippen LogP contribution in [-0.2, 0) is 28.6 Å². The van der Waals surface area contributed by atoms with Gasteiger partial charge in [-0.05, 0) is 70.6 Å². The normalized spacial score (nSPS) is 13.4. The van der Waals surface area contributed by atoms with Gasteiger partial charge in [-0.15, -0.1) is 0 Å². The highest BCUT2D eigenvalue weighted by molar-refractivity contribution is 5.70. The van der Waals surface area contributed by atoms with E-state index in [9.17, 15) is 19.5 Å². The summed E-state index contributed by atoms with van der Waals surface area (Å²) in [5.74, 6) is -1.80. The first-order valence-corrected chi connectivity index (χ1v) is 25.3. The summed E-state index contributed by atoms with van der Waals surface area (Å²) in [7, 11) is 5.40. The highest BCUT2D eigenvalue weighted by Gasteiger charge is 2.25. The maximum Gasteiger partial charge on any atom is 0.306 e. The quantitative estimate of drug-likeness (QED) is 0.0260. The van der Waals surface area contributed by atoms with Crippen molar-refractivity contribution in [2.75, 3.05) is 41.0 Å². The lowest BCUT2D eigenvalue weighted by Gasteiger charge is -2.34. The number of carboxylic acids is 1. The van der Waals surface area contributed by atoms with E-state index in [1.54, 1.807) is 21.1 Å². The Kier molecular flexibility index (Phi) is 42.5. The van der Waals surface area contributed by atoms with Crippen LogP contribution in [0.5, 0.6) is 0 Å². The molecule has 2 unspecified atom stereocenters. The number of carbonyl (C=O) groups is 3. The topological polar surface area (TPSA) is 102 Å². The standard InChI is InChI=1S/C54H95NO7/c1-6-8-10-12-14-16-18-20-22-24-25-26-27-29-31-33-35-37-39-41-43-45-53(57)62-50(48-60-47-46-51(54(58)59)55(3,4)5)49-61-52(56)44-42-40-38-36-34-32-30-28-23-21-19-17-15-13-11-9-7-2/h8,10,14,16,21,23,30,32,36,38,50-51H,6-7,9,11-13,15,17-20,22,24-29,31,33-35,37,39-49H2,1-5H3/b10-8+,16-14+,23-21+,32-30+,38-36+. The van der Waals surface area contributed by atoms with Gasteiger partial charge in [-0.1, -0.05) is 184 Å². The molecule has 0 saturated carbocycles. The number of carbonyl (C=O) groups excluding carboxylic acids is 3. The van der Waals surface area contributed by atoms with Crippen molar-refractivity contribution in [2.24, 2.45) is 0 Å². The average Bonchev–Trinajstić information content (AvgIpc) is 3.23. The lowest BCUT2D eigenvalue weighted by Crippen LogP contribution is -2.55. The number of nitrogens with zero attached hydrogens (tertiary/aromatic N) is 1. The molecule has 0 bridgehead atoms. The SMILES string of the molecule is CC/C=C/C/C=C/CCCCCCCCCCCCCCCCC(=O)OC(COCCC(C(=O)[O-])[N+](C)(C)C)COC(=O)CCC/C=C/C/C=C/C/C=C/CCCCCCCC. The summed E-state index contributed by atoms with van der Waals surface area (Å²) >= 11 is 0. The number of likely N-dealkylation sites (N-methyl/N-ethyl adjacent to an activating group) is 1. The van der Waals surface area contributed by atoms with E-state index in [1.165, 1.54) is 122 Å². The summed E-state index contributed by atoms with van der Waals surface area (Å²) in [6.07, 6.45) is 55.5. The number of hydrogen-bond acceptors (Lipinski definition) is 7. The fourth-order valence-corrected chi connectivity index (χ4v) is 7.24. The van der Waals surface area contributed by atoms with Gasteiger partial charge in [0.05, 0.1) is 40.3 Å². The second-order valence-electron chi connectivity index (χ2n) is 18.0. The van der Waals surface area contributed by atoms with Crippen molar-refractivity contribution in [3.8, 4) is 0 Å². The monoisotopic (exact) mass is 870 g/mol.